The second-order valence-electron chi connectivity index (χ2n) is 18.9. The number of rotatable bonds is 30. The minimum absolute atomic E-state index is 0.471. The fourth-order valence-electron chi connectivity index (χ4n) is 5.58. The van der Waals surface area contributed by atoms with E-state index in [9.17, 15) is 19.8 Å². The number of carbonyl (C=O) groups is 2. The Labute approximate surface area is 327 Å². The first-order valence-corrected chi connectivity index (χ1v) is 21.8. The van der Waals surface area contributed by atoms with Crippen molar-refractivity contribution >= 4 is 12.6 Å². The molecule has 4 nitrogen and oxygen atoms in total. The van der Waals surface area contributed by atoms with Crippen LogP contribution in [-0.2, 0) is 9.59 Å². The lowest BCUT2D eigenvalue weighted by Gasteiger charge is -2.17. The number of aliphatic hydroxyl groups is 2. The van der Waals surface area contributed by atoms with Crippen molar-refractivity contribution in [3.63, 3.8) is 0 Å². The molecule has 0 aromatic heterocycles. The second-order valence-corrected chi connectivity index (χ2v) is 18.9. The van der Waals surface area contributed by atoms with Crippen molar-refractivity contribution in [2.75, 3.05) is 0 Å². The molecule has 0 radical (unpaired) electrons. The standard InChI is InChI=1S/C13H26.2C12H24O.C11H22O2/c1-5-6-7-8-9-10-11-12-13(2,3)4;1-12(2,3)10-8-6-4-5-7-9-11-13;1-4-5-6-7-8-9-10-11-12(2,3)13;1-11(2,13)9-7-5-3-4-6-8-10-12/h5H,1,6-12H2,2-4H3;11H,4-10H2,1-3H3;4,13H,1,5-11H2,2-3H3;10,13H,3-9H2,1-2H3. The molecule has 0 bridgehead atoms. The van der Waals surface area contributed by atoms with Gasteiger partial charge in [-0.3, -0.25) is 0 Å². The molecule has 0 heterocycles. The Morgan fingerprint density at radius 2 is 0.558 bits per heavy atom. The van der Waals surface area contributed by atoms with Gasteiger partial charge in [0.15, 0.2) is 0 Å². The average molecular weight is 737 g/mol. The third kappa shape index (κ3) is 74.0. The molecule has 0 aliphatic heterocycles. The van der Waals surface area contributed by atoms with Crippen LogP contribution in [0.5, 0.6) is 0 Å². The molecule has 2 N–H and O–H groups in total. The molecule has 0 amide bonds. The van der Waals surface area contributed by atoms with Gasteiger partial charge in [-0.1, -0.05) is 156 Å². The van der Waals surface area contributed by atoms with Crippen LogP contribution in [0.15, 0.2) is 25.3 Å². The molecule has 0 unspecified atom stereocenters. The monoisotopic (exact) mass is 737 g/mol. The van der Waals surface area contributed by atoms with Gasteiger partial charge in [0.05, 0.1) is 11.2 Å². The van der Waals surface area contributed by atoms with Crippen LogP contribution in [-0.4, -0.2) is 34.0 Å². The second kappa shape index (κ2) is 39.4. The SMILES string of the molecule is C=CCCCCCCCC(C)(C)C.C=CCCCCCCCC(C)(C)O.CC(C)(C)CCCCCCCC=O.CC(C)(O)CCCCCCCC=O. The van der Waals surface area contributed by atoms with Crippen LogP contribution >= 0.6 is 0 Å². The van der Waals surface area contributed by atoms with E-state index in [0.29, 0.717) is 17.3 Å². The zero-order valence-electron chi connectivity index (χ0n) is 37.2. The predicted octanol–water partition coefficient (Wildman–Crippen LogP) is 15.3. The number of carbonyl (C=O) groups excluding carboxylic acids is 2. The number of hydrogen-bond donors (Lipinski definition) is 2. The number of unbranched alkanes of at least 4 members (excludes halogenated alkanes) is 20. The van der Waals surface area contributed by atoms with Gasteiger partial charge in [-0.2, -0.15) is 0 Å². The van der Waals surface area contributed by atoms with E-state index in [2.05, 4.69) is 54.7 Å². The van der Waals surface area contributed by atoms with E-state index >= 15 is 0 Å². The fourth-order valence-corrected chi connectivity index (χ4v) is 5.58. The van der Waals surface area contributed by atoms with Crippen LogP contribution < -0.4 is 0 Å². The first-order chi connectivity index (χ1) is 24.2. The smallest absolute Gasteiger partial charge is 0.119 e. The third-order valence-corrected chi connectivity index (χ3v) is 8.89. The van der Waals surface area contributed by atoms with E-state index in [1.807, 2.05) is 39.8 Å². The average Bonchev–Trinajstić information content (AvgIpc) is 3.02. The van der Waals surface area contributed by atoms with Crippen molar-refractivity contribution in [2.24, 2.45) is 10.8 Å². The molecule has 0 aromatic carbocycles. The largest absolute Gasteiger partial charge is 0.390 e. The molecule has 0 aliphatic rings. The number of hydrogen-bond acceptors (Lipinski definition) is 4. The minimum atomic E-state index is -0.511. The maximum absolute atomic E-state index is 10.0. The van der Waals surface area contributed by atoms with Crippen LogP contribution in [0, 0.1) is 10.8 Å². The molecule has 0 atom stereocenters. The molecule has 0 rings (SSSR count). The van der Waals surface area contributed by atoms with E-state index in [-0.39, 0.29) is 0 Å². The van der Waals surface area contributed by atoms with Gasteiger partial charge in [0.2, 0.25) is 0 Å². The Kier molecular flexibility index (Phi) is 43.6. The van der Waals surface area contributed by atoms with Crippen molar-refractivity contribution in [3.8, 4) is 0 Å². The summed E-state index contributed by atoms with van der Waals surface area (Å²) in [5.41, 5.74) is 0.0355. The van der Waals surface area contributed by atoms with Crippen LogP contribution in [0.25, 0.3) is 0 Å². The molecular weight excluding hydrogens is 641 g/mol. The van der Waals surface area contributed by atoms with Crippen LogP contribution in [0.2, 0.25) is 0 Å². The molecule has 0 saturated heterocycles. The predicted molar refractivity (Wildman–Crippen MR) is 233 cm³/mol. The van der Waals surface area contributed by atoms with Crippen molar-refractivity contribution in [1.82, 2.24) is 0 Å². The zero-order chi connectivity index (χ0) is 40.6. The Hall–Kier alpha value is -1.26. The molecule has 0 aliphatic carbocycles. The summed E-state index contributed by atoms with van der Waals surface area (Å²) < 4.78 is 0. The first-order valence-electron chi connectivity index (χ1n) is 21.8. The Morgan fingerprint density at radius 3 is 0.769 bits per heavy atom. The highest BCUT2D eigenvalue weighted by Gasteiger charge is 2.12. The first kappa shape index (κ1) is 57.5. The van der Waals surface area contributed by atoms with Gasteiger partial charge in [-0.15, -0.1) is 13.2 Å². The van der Waals surface area contributed by atoms with Gasteiger partial charge in [0, 0.05) is 12.8 Å². The Bertz CT molecular complexity index is 614. The summed E-state index contributed by atoms with van der Waals surface area (Å²) >= 11 is 0. The quantitative estimate of drug-likeness (QED) is 0.0437. The van der Waals surface area contributed by atoms with Gasteiger partial charge in [0.1, 0.15) is 12.6 Å². The molecular formula is C48H96O4. The Balaban J connectivity index is -0.000000295. The lowest BCUT2D eigenvalue weighted by Crippen LogP contribution is -2.17. The highest BCUT2D eigenvalue weighted by molar-refractivity contribution is 5.49. The molecule has 312 valence electrons. The normalized spacial score (nSPS) is 11.6. The van der Waals surface area contributed by atoms with Gasteiger partial charge in [-0.25, -0.2) is 0 Å². The van der Waals surface area contributed by atoms with Crippen LogP contribution in [0.1, 0.15) is 249 Å². The van der Waals surface area contributed by atoms with Gasteiger partial charge >= 0.3 is 0 Å². The maximum atomic E-state index is 10.0. The van der Waals surface area contributed by atoms with Crippen molar-refractivity contribution in [2.45, 2.75) is 260 Å². The summed E-state index contributed by atoms with van der Waals surface area (Å²) in [4.78, 5) is 20.0. The van der Waals surface area contributed by atoms with Crippen molar-refractivity contribution in [1.29, 1.82) is 0 Å². The van der Waals surface area contributed by atoms with E-state index in [4.69, 9.17) is 0 Å². The third-order valence-electron chi connectivity index (χ3n) is 8.89. The fraction of sp³-hybridized carbons (Fsp3) is 0.875. The number of aldehydes is 2. The van der Waals surface area contributed by atoms with Crippen LogP contribution in [0.3, 0.4) is 0 Å². The van der Waals surface area contributed by atoms with E-state index in [1.54, 1.807) is 0 Å². The summed E-state index contributed by atoms with van der Waals surface area (Å²) in [5, 5.41) is 18.9. The minimum Gasteiger partial charge on any atom is -0.390 e. The molecule has 0 aromatic rings. The summed E-state index contributed by atoms with van der Waals surface area (Å²) in [6.45, 7) is 28.7. The van der Waals surface area contributed by atoms with E-state index < -0.39 is 11.2 Å². The van der Waals surface area contributed by atoms with Gasteiger partial charge in [-0.05, 0) is 103 Å². The molecule has 0 spiro atoms. The van der Waals surface area contributed by atoms with Crippen molar-refractivity contribution < 1.29 is 19.8 Å². The molecule has 0 saturated carbocycles. The van der Waals surface area contributed by atoms with Gasteiger partial charge < -0.3 is 19.8 Å². The van der Waals surface area contributed by atoms with E-state index in [0.717, 1.165) is 70.4 Å². The molecule has 0 fully saturated rings. The van der Waals surface area contributed by atoms with Crippen molar-refractivity contribution in [3.05, 3.63) is 25.3 Å². The summed E-state index contributed by atoms with van der Waals surface area (Å²) in [6.07, 6.45) is 39.4. The highest BCUT2D eigenvalue weighted by Crippen LogP contribution is 2.23. The zero-order valence-corrected chi connectivity index (χ0v) is 37.2. The summed E-state index contributed by atoms with van der Waals surface area (Å²) in [5.74, 6) is 0. The molecule has 52 heavy (non-hydrogen) atoms. The summed E-state index contributed by atoms with van der Waals surface area (Å²) in [6, 6.07) is 0. The summed E-state index contributed by atoms with van der Waals surface area (Å²) in [7, 11) is 0. The topological polar surface area (TPSA) is 74.6 Å². The highest BCUT2D eigenvalue weighted by atomic mass is 16.3. The van der Waals surface area contributed by atoms with E-state index in [1.165, 1.54) is 116 Å². The number of allylic oxidation sites excluding steroid dienone is 2. The lowest BCUT2D eigenvalue weighted by molar-refractivity contribution is -0.108. The lowest BCUT2D eigenvalue weighted by atomic mass is 9.89. The maximum Gasteiger partial charge on any atom is 0.119 e. The Morgan fingerprint density at radius 1 is 0.346 bits per heavy atom. The van der Waals surface area contributed by atoms with Gasteiger partial charge in [0.25, 0.3) is 0 Å². The van der Waals surface area contributed by atoms with Crippen LogP contribution in [0.4, 0.5) is 0 Å². The molecule has 4 heteroatoms.